The molecule has 0 saturated heterocycles. The van der Waals surface area contributed by atoms with E-state index in [2.05, 4.69) is 0 Å². The zero-order chi connectivity index (χ0) is 13.7. The Morgan fingerprint density at radius 2 is 1.17 bits per heavy atom. The number of nitrogens with zero attached hydrogens (tertiary/aromatic N) is 2. The van der Waals surface area contributed by atoms with E-state index in [1.807, 2.05) is 0 Å². The highest BCUT2D eigenvalue weighted by Gasteiger charge is 2.03. The fourth-order valence-corrected chi connectivity index (χ4v) is 1.28. The van der Waals surface area contributed by atoms with Crippen molar-refractivity contribution in [3.63, 3.8) is 0 Å². The van der Waals surface area contributed by atoms with Crippen LogP contribution in [0.4, 0.5) is 0 Å². The molecular formula is C12H12N2O4. The Balaban J connectivity index is 2.94. The standard InChI is InChI=1S/C12H12N2O4/c1-9(13(15)16)7-11-3-5-12(6-4-11)8-10(2)14(17)18/h3-8H,1-2H3/b9-7+,10-8+. The molecule has 1 rings (SSSR count). The summed E-state index contributed by atoms with van der Waals surface area (Å²) in [6.45, 7) is 2.81. The van der Waals surface area contributed by atoms with E-state index in [1.165, 1.54) is 26.0 Å². The first-order chi connectivity index (χ1) is 8.40. The van der Waals surface area contributed by atoms with Crippen molar-refractivity contribution in [3.8, 4) is 0 Å². The zero-order valence-electron chi connectivity index (χ0n) is 9.99. The maximum absolute atomic E-state index is 10.4. The monoisotopic (exact) mass is 248 g/mol. The van der Waals surface area contributed by atoms with Crippen molar-refractivity contribution in [2.24, 2.45) is 0 Å². The van der Waals surface area contributed by atoms with Crippen molar-refractivity contribution >= 4 is 12.2 Å². The third kappa shape index (κ3) is 3.82. The molecule has 0 N–H and O–H groups in total. The van der Waals surface area contributed by atoms with Gasteiger partial charge in [-0.25, -0.2) is 0 Å². The summed E-state index contributed by atoms with van der Waals surface area (Å²) >= 11 is 0. The van der Waals surface area contributed by atoms with Crippen LogP contribution < -0.4 is 0 Å². The van der Waals surface area contributed by atoms with E-state index < -0.39 is 9.85 Å². The summed E-state index contributed by atoms with van der Waals surface area (Å²) in [7, 11) is 0. The van der Waals surface area contributed by atoms with E-state index in [0.717, 1.165) is 0 Å². The van der Waals surface area contributed by atoms with E-state index in [4.69, 9.17) is 0 Å². The third-order valence-corrected chi connectivity index (χ3v) is 2.26. The molecule has 18 heavy (non-hydrogen) atoms. The number of nitro groups is 2. The van der Waals surface area contributed by atoms with E-state index in [0.29, 0.717) is 11.1 Å². The maximum atomic E-state index is 10.4. The van der Waals surface area contributed by atoms with Gasteiger partial charge in [0.2, 0.25) is 11.4 Å². The van der Waals surface area contributed by atoms with Crippen molar-refractivity contribution < 1.29 is 9.85 Å². The lowest BCUT2D eigenvalue weighted by Crippen LogP contribution is -1.93. The largest absolute Gasteiger partial charge is 0.259 e. The van der Waals surface area contributed by atoms with Crippen LogP contribution in [-0.4, -0.2) is 9.85 Å². The Morgan fingerprint density at radius 1 is 0.889 bits per heavy atom. The van der Waals surface area contributed by atoms with E-state index in [-0.39, 0.29) is 11.4 Å². The molecule has 1 aromatic rings. The van der Waals surface area contributed by atoms with Gasteiger partial charge in [-0.2, -0.15) is 0 Å². The summed E-state index contributed by atoms with van der Waals surface area (Å²) < 4.78 is 0. The second kappa shape index (κ2) is 5.72. The zero-order valence-corrected chi connectivity index (χ0v) is 9.99. The molecule has 6 nitrogen and oxygen atoms in total. The number of allylic oxidation sites excluding steroid dienone is 2. The summed E-state index contributed by atoms with van der Waals surface area (Å²) in [5, 5.41) is 20.9. The second-order valence-corrected chi connectivity index (χ2v) is 3.75. The topological polar surface area (TPSA) is 86.3 Å². The van der Waals surface area contributed by atoms with Gasteiger partial charge in [0, 0.05) is 26.0 Å². The van der Waals surface area contributed by atoms with E-state index >= 15 is 0 Å². The SMILES string of the molecule is C/C(=C\c1ccc(/C=C(\C)[N+](=O)[O-])cc1)[N+](=O)[O-]. The van der Waals surface area contributed by atoms with Crippen LogP contribution in [0.25, 0.3) is 12.2 Å². The predicted octanol–water partition coefficient (Wildman–Crippen LogP) is 2.96. The highest BCUT2D eigenvalue weighted by Crippen LogP contribution is 2.12. The van der Waals surface area contributed by atoms with Crippen LogP contribution in [0.15, 0.2) is 35.7 Å². The minimum absolute atomic E-state index is 0.0414. The van der Waals surface area contributed by atoms with E-state index in [9.17, 15) is 20.2 Å². The third-order valence-electron chi connectivity index (χ3n) is 2.26. The van der Waals surface area contributed by atoms with Gasteiger partial charge in [0.05, 0.1) is 9.85 Å². The molecule has 0 spiro atoms. The summed E-state index contributed by atoms with van der Waals surface area (Å²) in [5.74, 6) is 0. The van der Waals surface area contributed by atoms with Crippen molar-refractivity contribution in [1.82, 2.24) is 0 Å². The summed E-state index contributed by atoms with van der Waals surface area (Å²) in [6.07, 6.45) is 2.88. The molecule has 0 aliphatic heterocycles. The molecular weight excluding hydrogens is 236 g/mol. The molecule has 0 bridgehead atoms. The fourth-order valence-electron chi connectivity index (χ4n) is 1.28. The summed E-state index contributed by atoms with van der Waals surface area (Å²) in [5.41, 5.74) is 1.44. The quantitative estimate of drug-likeness (QED) is 0.605. The Bertz CT molecular complexity index is 481. The number of hydrogen-bond acceptors (Lipinski definition) is 4. The smallest absolute Gasteiger partial charge is 0.243 e. The minimum atomic E-state index is -0.468. The van der Waals surface area contributed by atoms with Crippen LogP contribution in [0.2, 0.25) is 0 Å². The first-order valence-electron chi connectivity index (χ1n) is 5.15. The molecule has 0 aliphatic carbocycles. The Hall–Kier alpha value is -2.50. The van der Waals surface area contributed by atoms with Crippen LogP contribution >= 0.6 is 0 Å². The van der Waals surface area contributed by atoms with Crippen LogP contribution in [0.3, 0.4) is 0 Å². The van der Waals surface area contributed by atoms with E-state index in [1.54, 1.807) is 24.3 Å². The molecule has 0 amide bonds. The van der Waals surface area contributed by atoms with Gasteiger partial charge in [0.25, 0.3) is 0 Å². The highest BCUT2D eigenvalue weighted by molar-refractivity contribution is 5.56. The molecule has 0 aliphatic rings. The molecule has 94 valence electrons. The van der Waals surface area contributed by atoms with Crippen LogP contribution in [0.1, 0.15) is 25.0 Å². The van der Waals surface area contributed by atoms with Gasteiger partial charge in [-0.1, -0.05) is 24.3 Å². The first-order valence-corrected chi connectivity index (χ1v) is 5.15. The Morgan fingerprint density at radius 3 is 1.39 bits per heavy atom. The molecule has 0 atom stereocenters. The average Bonchev–Trinajstić information content (AvgIpc) is 2.31. The van der Waals surface area contributed by atoms with Gasteiger partial charge in [0.1, 0.15) is 0 Å². The molecule has 6 heteroatoms. The first kappa shape index (κ1) is 13.6. The lowest BCUT2D eigenvalue weighted by atomic mass is 10.1. The molecule has 0 saturated carbocycles. The number of rotatable bonds is 4. The Labute approximate surface area is 104 Å². The van der Waals surface area contributed by atoms with Crippen LogP contribution in [0, 0.1) is 20.2 Å². The maximum Gasteiger partial charge on any atom is 0.243 e. The molecule has 0 fully saturated rings. The van der Waals surface area contributed by atoms with Crippen molar-refractivity contribution in [1.29, 1.82) is 0 Å². The van der Waals surface area contributed by atoms with Gasteiger partial charge in [-0.3, -0.25) is 20.2 Å². The molecule has 0 radical (unpaired) electrons. The van der Waals surface area contributed by atoms with Crippen LogP contribution in [0.5, 0.6) is 0 Å². The second-order valence-electron chi connectivity index (χ2n) is 3.75. The molecule has 0 heterocycles. The molecule has 0 unspecified atom stereocenters. The van der Waals surface area contributed by atoms with Crippen molar-refractivity contribution in [2.45, 2.75) is 13.8 Å². The van der Waals surface area contributed by atoms with Crippen molar-refractivity contribution in [3.05, 3.63) is 67.0 Å². The molecule has 1 aromatic carbocycles. The van der Waals surface area contributed by atoms with Gasteiger partial charge in [0.15, 0.2) is 0 Å². The summed E-state index contributed by atoms with van der Waals surface area (Å²) in [6, 6.07) is 6.69. The van der Waals surface area contributed by atoms with Gasteiger partial charge >= 0.3 is 0 Å². The van der Waals surface area contributed by atoms with Gasteiger partial charge in [-0.15, -0.1) is 0 Å². The average molecular weight is 248 g/mol. The summed E-state index contributed by atoms with van der Waals surface area (Å²) in [4.78, 5) is 20.0. The fraction of sp³-hybridized carbons (Fsp3) is 0.167. The van der Waals surface area contributed by atoms with Gasteiger partial charge in [-0.05, 0) is 11.1 Å². The van der Waals surface area contributed by atoms with Gasteiger partial charge < -0.3 is 0 Å². The molecule has 0 aromatic heterocycles. The number of hydrogen-bond donors (Lipinski definition) is 0. The van der Waals surface area contributed by atoms with Crippen LogP contribution in [-0.2, 0) is 0 Å². The predicted molar refractivity (Wildman–Crippen MR) is 67.7 cm³/mol. The lowest BCUT2D eigenvalue weighted by Gasteiger charge is -1.96. The minimum Gasteiger partial charge on any atom is -0.259 e. The highest BCUT2D eigenvalue weighted by atomic mass is 16.6. The normalized spacial score (nSPS) is 12.3. The van der Waals surface area contributed by atoms with Crippen molar-refractivity contribution in [2.75, 3.05) is 0 Å². The lowest BCUT2D eigenvalue weighted by molar-refractivity contribution is -0.422. The Kier molecular flexibility index (Phi) is 4.31. The number of benzene rings is 1.